The molecule has 0 radical (unpaired) electrons. The molecule has 1 saturated heterocycles. The van der Waals surface area contributed by atoms with Crippen LogP contribution in [-0.2, 0) is 5.41 Å². The van der Waals surface area contributed by atoms with Gasteiger partial charge >= 0.3 is 0 Å². The van der Waals surface area contributed by atoms with Crippen molar-refractivity contribution in [1.29, 1.82) is 5.26 Å². The number of nitrogens with zero attached hydrogens (tertiary/aromatic N) is 3. The molecule has 1 aromatic heterocycles. The normalized spacial score (nSPS) is 19.0. The molecule has 21 heavy (non-hydrogen) atoms. The molecule has 0 saturated carbocycles. The van der Waals surface area contributed by atoms with E-state index in [2.05, 4.69) is 43.3 Å². The topological polar surface area (TPSA) is 39.9 Å². The van der Waals surface area contributed by atoms with E-state index >= 15 is 0 Å². The van der Waals surface area contributed by atoms with Gasteiger partial charge in [-0.3, -0.25) is 4.98 Å². The Morgan fingerprint density at radius 3 is 2.57 bits per heavy atom. The maximum Gasteiger partial charge on any atom is 0.102 e. The molecule has 0 amide bonds. The Hall–Kier alpha value is -1.66. The number of hydrogen-bond donors (Lipinski definition) is 0. The van der Waals surface area contributed by atoms with Gasteiger partial charge in [0, 0.05) is 19.6 Å². The van der Waals surface area contributed by atoms with E-state index in [1.165, 1.54) is 0 Å². The van der Waals surface area contributed by atoms with Crippen LogP contribution in [0.25, 0.3) is 6.08 Å². The van der Waals surface area contributed by atoms with E-state index in [-0.39, 0.29) is 0 Å². The molecule has 0 bridgehead atoms. The summed E-state index contributed by atoms with van der Waals surface area (Å²) in [6.45, 7) is 13.5. The third kappa shape index (κ3) is 3.71. The summed E-state index contributed by atoms with van der Waals surface area (Å²) in [5.41, 5.74) is 1.61. The van der Waals surface area contributed by atoms with Crippen molar-refractivity contribution in [3.63, 3.8) is 0 Å². The third-order valence-corrected chi connectivity index (χ3v) is 4.09. The number of likely N-dealkylation sites (tertiary alicyclic amines) is 1. The second-order valence-corrected chi connectivity index (χ2v) is 7.18. The number of piperidine rings is 1. The van der Waals surface area contributed by atoms with E-state index in [9.17, 15) is 5.26 Å². The first-order valence-corrected chi connectivity index (χ1v) is 7.62. The first kappa shape index (κ1) is 15.7. The molecule has 2 heterocycles. The van der Waals surface area contributed by atoms with Gasteiger partial charge in [0.25, 0.3) is 0 Å². The molecule has 1 aliphatic heterocycles. The Labute approximate surface area is 128 Å². The van der Waals surface area contributed by atoms with Crippen LogP contribution in [0.15, 0.2) is 24.8 Å². The highest BCUT2D eigenvalue weighted by Gasteiger charge is 2.38. The van der Waals surface area contributed by atoms with Crippen molar-refractivity contribution in [3.8, 4) is 6.07 Å². The summed E-state index contributed by atoms with van der Waals surface area (Å²) < 4.78 is 0. The van der Waals surface area contributed by atoms with Crippen molar-refractivity contribution in [2.75, 3.05) is 19.6 Å². The summed E-state index contributed by atoms with van der Waals surface area (Å²) in [7, 11) is 0. The molecule has 1 aromatic rings. The Kier molecular flexibility index (Phi) is 4.49. The van der Waals surface area contributed by atoms with Crippen LogP contribution in [-0.4, -0.2) is 29.5 Å². The fourth-order valence-corrected chi connectivity index (χ4v) is 3.02. The molecule has 112 valence electrons. The SMILES string of the molecule is C=Cc1cccc(C2(C#N)CCN(CC(C)(C)C)CC2)n1. The molecule has 1 aliphatic rings. The number of hydrogen-bond acceptors (Lipinski definition) is 3. The molecule has 3 nitrogen and oxygen atoms in total. The first-order valence-electron chi connectivity index (χ1n) is 7.62. The molecule has 0 spiro atoms. The maximum atomic E-state index is 9.74. The van der Waals surface area contributed by atoms with E-state index in [1.807, 2.05) is 18.2 Å². The minimum atomic E-state index is -0.437. The van der Waals surface area contributed by atoms with E-state index in [0.717, 1.165) is 43.9 Å². The van der Waals surface area contributed by atoms with Crippen LogP contribution in [0.1, 0.15) is 45.0 Å². The molecule has 2 rings (SSSR count). The van der Waals surface area contributed by atoms with Crippen LogP contribution in [0.2, 0.25) is 0 Å². The highest BCUT2D eigenvalue weighted by Crippen LogP contribution is 2.34. The van der Waals surface area contributed by atoms with Gasteiger partial charge in [0.1, 0.15) is 5.41 Å². The quantitative estimate of drug-likeness (QED) is 0.850. The summed E-state index contributed by atoms with van der Waals surface area (Å²) >= 11 is 0. The van der Waals surface area contributed by atoms with Crippen LogP contribution in [0.5, 0.6) is 0 Å². The average Bonchev–Trinajstić information content (AvgIpc) is 2.47. The Morgan fingerprint density at radius 1 is 1.38 bits per heavy atom. The monoisotopic (exact) mass is 283 g/mol. The largest absolute Gasteiger partial charge is 0.303 e. The van der Waals surface area contributed by atoms with Crippen LogP contribution >= 0.6 is 0 Å². The zero-order chi connectivity index (χ0) is 15.5. The lowest BCUT2D eigenvalue weighted by molar-refractivity contribution is 0.136. The number of rotatable bonds is 3. The van der Waals surface area contributed by atoms with E-state index in [4.69, 9.17) is 0 Å². The molecule has 3 heteroatoms. The molecule has 0 atom stereocenters. The van der Waals surface area contributed by atoms with Crippen molar-refractivity contribution in [2.24, 2.45) is 5.41 Å². The minimum absolute atomic E-state index is 0.299. The van der Waals surface area contributed by atoms with Gasteiger partial charge < -0.3 is 4.90 Å². The standard InChI is InChI=1S/C18H25N3/c1-5-15-7-6-8-16(20-15)18(13-19)9-11-21(12-10-18)14-17(2,3)4/h5-8H,1,9-12,14H2,2-4H3. The van der Waals surface area contributed by atoms with Crippen molar-refractivity contribution in [1.82, 2.24) is 9.88 Å². The lowest BCUT2D eigenvalue weighted by atomic mass is 9.76. The highest BCUT2D eigenvalue weighted by atomic mass is 15.1. The summed E-state index contributed by atoms with van der Waals surface area (Å²) in [6.07, 6.45) is 3.45. The maximum absolute atomic E-state index is 9.74. The summed E-state index contributed by atoms with van der Waals surface area (Å²) in [6, 6.07) is 8.43. The molecule has 0 unspecified atom stereocenters. The lowest BCUT2D eigenvalue weighted by Gasteiger charge is -2.39. The van der Waals surface area contributed by atoms with Gasteiger partial charge in [0.05, 0.1) is 17.5 Å². The third-order valence-electron chi connectivity index (χ3n) is 4.09. The van der Waals surface area contributed by atoms with Crippen molar-refractivity contribution < 1.29 is 0 Å². The van der Waals surface area contributed by atoms with Gasteiger partial charge in [0.2, 0.25) is 0 Å². The number of pyridine rings is 1. The second kappa shape index (κ2) is 5.99. The van der Waals surface area contributed by atoms with Crippen LogP contribution in [0.4, 0.5) is 0 Å². The van der Waals surface area contributed by atoms with Gasteiger partial charge in [-0.05, 0) is 36.5 Å². The van der Waals surface area contributed by atoms with Gasteiger partial charge in [-0.2, -0.15) is 5.26 Å². The van der Waals surface area contributed by atoms with Gasteiger partial charge in [-0.25, -0.2) is 0 Å². The number of aromatic nitrogens is 1. The predicted octanol–water partition coefficient (Wildman–Crippen LogP) is 3.63. The van der Waals surface area contributed by atoms with E-state index < -0.39 is 5.41 Å². The molecular weight excluding hydrogens is 258 g/mol. The van der Waals surface area contributed by atoms with Crippen LogP contribution in [0, 0.1) is 16.7 Å². The van der Waals surface area contributed by atoms with Crippen LogP contribution in [0.3, 0.4) is 0 Å². The molecule has 0 aromatic carbocycles. The summed E-state index contributed by atoms with van der Waals surface area (Å²) in [5.74, 6) is 0. The smallest absolute Gasteiger partial charge is 0.102 e. The minimum Gasteiger partial charge on any atom is -0.303 e. The lowest BCUT2D eigenvalue weighted by Crippen LogP contribution is -2.45. The first-order chi connectivity index (χ1) is 9.88. The Bertz CT molecular complexity index is 540. The van der Waals surface area contributed by atoms with Gasteiger partial charge in [0.15, 0.2) is 0 Å². The van der Waals surface area contributed by atoms with Gasteiger partial charge in [-0.15, -0.1) is 0 Å². The van der Waals surface area contributed by atoms with E-state index in [0.29, 0.717) is 5.41 Å². The van der Waals surface area contributed by atoms with Crippen molar-refractivity contribution in [2.45, 2.75) is 39.0 Å². The van der Waals surface area contributed by atoms with Crippen molar-refractivity contribution in [3.05, 3.63) is 36.2 Å². The van der Waals surface area contributed by atoms with E-state index in [1.54, 1.807) is 6.08 Å². The Morgan fingerprint density at radius 2 is 2.05 bits per heavy atom. The molecule has 1 fully saturated rings. The molecular formula is C18H25N3. The molecule has 0 N–H and O–H groups in total. The number of nitriles is 1. The molecule has 0 aliphatic carbocycles. The average molecular weight is 283 g/mol. The fraction of sp³-hybridized carbons (Fsp3) is 0.556. The van der Waals surface area contributed by atoms with Gasteiger partial charge in [-0.1, -0.05) is 33.4 Å². The zero-order valence-electron chi connectivity index (χ0n) is 13.4. The highest BCUT2D eigenvalue weighted by molar-refractivity contribution is 5.43. The fourth-order valence-electron chi connectivity index (χ4n) is 3.02. The summed E-state index contributed by atoms with van der Waals surface area (Å²) in [5, 5.41) is 9.74. The van der Waals surface area contributed by atoms with Crippen LogP contribution < -0.4 is 0 Å². The predicted molar refractivity (Wildman–Crippen MR) is 86.7 cm³/mol. The summed E-state index contributed by atoms with van der Waals surface area (Å²) in [4.78, 5) is 7.06. The second-order valence-electron chi connectivity index (χ2n) is 7.18. The zero-order valence-corrected chi connectivity index (χ0v) is 13.4. The van der Waals surface area contributed by atoms with Crippen molar-refractivity contribution >= 4 is 6.08 Å². The Balaban J connectivity index is 2.15.